The maximum atomic E-state index is 6.43. The summed E-state index contributed by atoms with van der Waals surface area (Å²) in [6.45, 7) is 2.15. The van der Waals surface area contributed by atoms with Crippen molar-refractivity contribution in [1.82, 2.24) is 4.90 Å². The van der Waals surface area contributed by atoms with Crippen LogP contribution in [0.15, 0.2) is 30.3 Å². The van der Waals surface area contributed by atoms with Gasteiger partial charge in [-0.2, -0.15) is 0 Å². The molecule has 1 aromatic carbocycles. The first-order valence-electron chi connectivity index (χ1n) is 6.25. The second-order valence-corrected chi connectivity index (χ2v) is 5.72. The van der Waals surface area contributed by atoms with Crippen molar-refractivity contribution in [1.29, 1.82) is 0 Å². The van der Waals surface area contributed by atoms with E-state index in [-0.39, 0.29) is 0 Å². The van der Waals surface area contributed by atoms with E-state index < -0.39 is 0 Å². The minimum Gasteiger partial charge on any atom is -0.295 e. The third kappa shape index (κ3) is 1.99. The highest BCUT2D eigenvalue weighted by atomic mass is 35.5. The number of rotatable bonds is 2. The van der Waals surface area contributed by atoms with E-state index in [1.807, 2.05) is 0 Å². The third-order valence-corrected chi connectivity index (χ3v) is 4.61. The second kappa shape index (κ2) is 4.38. The zero-order valence-corrected chi connectivity index (χ0v) is 10.2. The number of piperidine rings is 1. The summed E-state index contributed by atoms with van der Waals surface area (Å²) < 4.78 is 0. The zero-order chi connectivity index (χ0) is 11.0. The Kier molecular flexibility index (Phi) is 2.91. The summed E-state index contributed by atoms with van der Waals surface area (Å²) in [5, 5.41) is 0.377. The van der Waals surface area contributed by atoms with E-state index in [2.05, 4.69) is 35.2 Å². The Morgan fingerprint density at radius 3 is 2.81 bits per heavy atom. The average Bonchev–Trinajstić information content (AvgIpc) is 2.73. The van der Waals surface area contributed by atoms with Crippen LogP contribution in [0.1, 0.15) is 24.8 Å². The van der Waals surface area contributed by atoms with Crippen molar-refractivity contribution in [3.05, 3.63) is 35.9 Å². The van der Waals surface area contributed by atoms with Gasteiger partial charge in [0, 0.05) is 24.5 Å². The molecule has 1 nitrogen and oxygen atoms in total. The molecule has 0 aromatic heterocycles. The predicted molar refractivity (Wildman–Crippen MR) is 67.6 cm³/mol. The Labute approximate surface area is 102 Å². The first-order valence-corrected chi connectivity index (χ1v) is 6.68. The molecule has 2 bridgehead atoms. The number of fused-ring (bicyclic) bond motifs is 2. The smallest absolute Gasteiger partial charge is 0.0492 e. The Morgan fingerprint density at radius 2 is 2.00 bits per heavy atom. The summed E-state index contributed by atoms with van der Waals surface area (Å²) in [7, 11) is 0. The van der Waals surface area contributed by atoms with Gasteiger partial charge in [0.1, 0.15) is 0 Å². The molecule has 0 radical (unpaired) electrons. The van der Waals surface area contributed by atoms with E-state index in [1.165, 1.54) is 24.8 Å². The number of halogens is 1. The Bertz CT molecular complexity index is 351. The molecule has 16 heavy (non-hydrogen) atoms. The minimum absolute atomic E-state index is 0.377. The lowest BCUT2D eigenvalue weighted by atomic mass is 9.98. The van der Waals surface area contributed by atoms with Crippen molar-refractivity contribution in [3.63, 3.8) is 0 Å². The van der Waals surface area contributed by atoms with E-state index in [9.17, 15) is 0 Å². The third-order valence-electron chi connectivity index (χ3n) is 4.11. The Morgan fingerprint density at radius 1 is 1.19 bits per heavy atom. The summed E-state index contributed by atoms with van der Waals surface area (Å²) in [6, 6.07) is 11.5. The van der Waals surface area contributed by atoms with E-state index in [0.717, 1.165) is 25.0 Å². The minimum atomic E-state index is 0.377. The van der Waals surface area contributed by atoms with Gasteiger partial charge in [0.15, 0.2) is 0 Å². The highest BCUT2D eigenvalue weighted by Crippen LogP contribution is 2.39. The van der Waals surface area contributed by atoms with Gasteiger partial charge in [-0.25, -0.2) is 0 Å². The van der Waals surface area contributed by atoms with Crippen molar-refractivity contribution in [2.45, 2.75) is 37.2 Å². The normalized spacial score (nSPS) is 34.2. The fourth-order valence-electron chi connectivity index (χ4n) is 3.19. The number of hydrogen-bond acceptors (Lipinski definition) is 1. The molecule has 86 valence electrons. The molecule has 0 amide bonds. The molecule has 3 atom stereocenters. The van der Waals surface area contributed by atoms with Crippen LogP contribution >= 0.6 is 11.6 Å². The summed E-state index contributed by atoms with van der Waals surface area (Å²) in [5.74, 6) is 0.790. The monoisotopic (exact) mass is 235 g/mol. The molecule has 2 heteroatoms. The van der Waals surface area contributed by atoms with Gasteiger partial charge in [-0.3, -0.25) is 4.90 Å². The van der Waals surface area contributed by atoms with Gasteiger partial charge in [-0.1, -0.05) is 30.3 Å². The van der Waals surface area contributed by atoms with Gasteiger partial charge >= 0.3 is 0 Å². The van der Waals surface area contributed by atoms with Gasteiger partial charge in [0.2, 0.25) is 0 Å². The molecule has 1 saturated carbocycles. The standard InChI is InChI=1S/C14H18ClN/c15-14-10-16(13-7-6-12(14)8-13)9-11-4-2-1-3-5-11/h1-5,12-14H,6-10H2/t12-,13+,14-/m1/s1. The molecule has 3 rings (SSSR count). The molecule has 1 saturated heterocycles. The van der Waals surface area contributed by atoms with Gasteiger partial charge < -0.3 is 0 Å². The summed E-state index contributed by atoms with van der Waals surface area (Å²) in [4.78, 5) is 2.58. The molecule has 1 aliphatic heterocycles. The van der Waals surface area contributed by atoms with E-state index in [1.54, 1.807) is 0 Å². The SMILES string of the molecule is Cl[C@@H]1CN(Cc2ccccc2)[C@H]2CC[C@@H]1C2. The second-order valence-electron chi connectivity index (χ2n) is 5.16. The molecular weight excluding hydrogens is 218 g/mol. The number of alkyl halides is 1. The fraction of sp³-hybridized carbons (Fsp3) is 0.571. The van der Waals surface area contributed by atoms with E-state index in [0.29, 0.717) is 5.38 Å². The molecule has 1 aromatic rings. The Balaban J connectivity index is 1.71. The van der Waals surface area contributed by atoms with Crippen LogP contribution in [-0.2, 0) is 6.54 Å². The topological polar surface area (TPSA) is 3.24 Å². The van der Waals surface area contributed by atoms with Crippen LogP contribution in [-0.4, -0.2) is 22.9 Å². The van der Waals surface area contributed by atoms with Crippen molar-refractivity contribution in [2.75, 3.05) is 6.54 Å². The van der Waals surface area contributed by atoms with Crippen molar-refractivity contribution in [2.24, 2.45) is 5.92 Å². The average molecular weight is 236 g/mol. The molecule has 0 spiro atoms. The maximum absolute atomic E-state index is 6.43. The van der Waals surface area contributed by atoms with Crippen LogP contribution in [0.4, 0.5) is 0 Å². The van der Waals surface area contributed by atoms with Crippen LogP contribution in [0.3, 0.4) is 0 Å². The highest BCUT2D eigenvalue weighted by molar-refractivity contribution is 6.21. The molecule has 0 unspecified atom stereocenters. The van der Waals surface area contributed by atoms with Crippen molar-refractivity contribution >= 4 is 11.6 Å². The fourth-order valence-corrected chi connectivity index (χ4v) is 3.59. The lowest BCUT2D eigenvalue weighted by Gasteiger charge is -2.36. The van der Waals surface area contributed by atoms with Crippen LogP contribution in [0.5, 0.6) is 0 Å². The van der Waals surface area contributed by atoms with Gasteiger partial charge in [-0.05, 0) is 30.7 Å². The number of likely N-dealkylation sites (tertiary alicyclic amines) is 1. The summed E-state index contributed by atoms with van der Waals surface area (Å²) in [6.07, 6.45) is 4.01. The highest BCUT2D eigenvalue weighted by Gasteiger charge is 2.39. The number of hydrogen-bond donors (Lipinski definition) is 0. The van der Waals surface area contributed by atoms with Crippen LogP contribution in [0.25, 0.3) is 0 Å². The Hall–Kier alpha value is -0.530. The first kappa shape index (κ1) is 10.6. The maximum Gasteiger partial charge on any atom is 0.0492 e. The van der Waals surface area contributed by atoms with Crippen LogP contribution in [0.2, 0.25) is 0 Å². The zero-order valence-electron chi connectivity index (χ0n) is 9.48. The van der Waals surface area contributed by atoms with Crippen LogP contribution in [0, 0.1) is 5.92 Å². The van der Waals surface area contributed by atoms with Gasteiger partial charge in [0.25, 0.3) is 0 Å². The van der Waals surface area contributed by atoms with Crippen molar-refractivity contribution in [3.8, 4) is 0 Å². The molecule has 1 heterocycles. The number of benzene rings is 1. The molecule has 1 aliphatic carbocycles. The molecule has 2 aliphatic rings. The quantitative estimate of drug-likeness (QED) is 0.712. The molecular formula is C14H18ClN. The lowest BCUT2D eigenvalue weighted by Crippen LogP contribution is -2.42. The summed E-state index contributed by atoms with van der Waals surface area (Å²) >= 11 is 6.43. The first-order chi connectivity index (χ1) is 7.83. The van der Waals surface area contributed by atoms with Gasteiger partial charge in [0.05, 0.1) is 0 Å². The number of nitrogens with zero attached hydrogens (tertiary/aromatic N) is 1. The molecule has 2 fully saturated rings. The largest absolute Gasteiger partial charge is 0.295 e. The van der Waals surface area contributed by atoms with Gasteiger partial charge in [-0.15, -0.1) is 11.6 Å². The predicted octanol–water partition coefficient (Wildman–Crippen LogP) is 3.28. The van der Waals surface area contributed by atoms with E-state index in [4.69, 9.17) is 11.6 Å². The molecule has 0 N–H and O–H groups in total. The van der Waals surface area contributed by atoms with Crippen LogP contribution < -0.4 is 0 Å². The lowest BCUT2D eigenvalue weighted by molar-refractivity contribution is 0.151. The van der Waals surface area contributed by atoms with E-state index >= 15 is 0 Å². The van der Waals surface area contributed by atoms with Crippen molar-refractivity contribution < 1.29 is 0 Å². The summed E-state index contributed by atoms with van der Waals surface area (Å²) in [5.41, 5.74) is 1.41.